The number of carbonyl (C=O) groups is 1. The van der Waals surface area contributed by atoms with Crippen LogP contribution < -0.4 is 11.2 Å². The molecule has 0 atom stereocenters. The number of halogens is 4. The van der Waals surface area contributed by atoms with E-state index in [-0.39, 0.29) is 27.6 Å². The second-order valence-electron chi connectivity index (χ2n) is 6.02. The molecule has 0 spiro atoms. The summed E-state index contributed by atoms with van der Waals surface area (Å²) in [5.74, 6) is 5.31. The quantitative estimate of drug-likeness (QED) is 0.461. The van der Waals surface area contributed by atoms with E-state index >= 15 is 0 Å². The summed E-state index contributed by atoms with van der Waals surface area (Å²) in [6, 6.07) is 4.94. The summed E-state index contributed by atoms with van der Waals surface area (Å²) in [6.45, 7) is 3.63. The molecule has 0 fully saturated rings. The Kier molecular flexibility index (Phi) is 5.75. The van der Waals surface area contributed by atoms with Gasteiger partial charge >= 0.3 is 6.18 Å². The Hall–Kier alpha value is -2.73. The maximum absolute atomic E-state index is 13.1. The van der Waals surface area contributed by atoms with Crippen LogP contribution in [0, 0.1) is 13.8 Å². The Labute approximate surface area is 172 Å². The summed E-state index contributed by atoms with van der Waals surface area (Å²) in [7, 11) is 0. The Bertz CT molecular complexity index is 1060. The Morgan fingerprint density at radius 1 is 1.28 bits per heavy atom. The first kappa shape index (κ1) is 21.0. The normalized spacial score (nSPS) is 11.7. The number of thioether (sulfide) groups is 1. The van der Waals surface area contributed by atoms with Crippen molar-refractivity contribution in [1.29, 1.82) is 0 Å². The fraction of sp³-hybridized carbons (Fsp3) is 0.250. The van der Waals surface area contributed by atoms with Crippen LogP contribution in [-0.2, 0) is 11.0 Å². The highest BCUT2D eigenvalue weighted by Gasteiger charge is 2.34. The van der Waals surface area contributed by atoms with Crippen molar-refractivity contribution >= 4 is 35.0 Å². The third-order valence-corrected chi connectivity index (χ3v) is 4.92. The van der Waals surface area contributed by atoms with Crippen LogP contribution in [0.25, 0.3) is 5.95 Å². The molecule has 0 saturated heterocycles. The molecule has 0 unspecified atom stereocenters. The summed E-state index contributed by atoms with van der Waals surface area (Å²) in [5, 5.41) is 14.5. The van der Waals surface area contributed by atoms with Crippen molar-refractivity contribution in [3.05, 3.63) is 46.2 Å². The van der Waals surface area contributed by atoms with E-state index in [1.54, 1.807) is 0 Å². The summed E-state index contributed by atoms with van der Waals surface area (Å²) >= 11 is 6.55. The molecule has 2 heterocycles. The van der Waals surface area contributed by atoms with Crippen molar-refractivity contribution in [3.63, 3.8) is 0 Å². The van der Waals surface area contributed by atoms with Crippen LogP contribution in [0.15, 0.2) is 29.4 Å². The number of amides is 1. The maximum atomic E-state index is 13.1. The number of aryl methyl sites for hydroxylation is 2. The molecule has 0 aliphatic heterocycles. The zero-order valence-corrected chi connectivity index (χ0v) is 16.7. The van der Waals surface area contributed by atoms with E-state index in [4.69, 9.17) is 17.4 Å². The molecule has 3 N–H and O–H groups in total. The molecule has 0 aliphatic carbocycles. The van der Waals surface area contributed by atoms with Crippen LogP contribution in [0.2, 0.25) is 5.02 Å². The van der Waals surface area contributed by atoms with Gasteiger partial charge in [0.15, 0.2) is 0 Å². The number of hydrogen-bond donors (Lipinski definition) is 2. The molecule has 2 aromatic heterocycles. The van der Waals surface area contributed by atoms with Gasteiger partial charge in [-0.05, 0) is 38.1 Å². The topological polar surface area (TPSA) is 104 Å². The lowest BCUT2D eigenvalue weighted by Crippen LogP contribution is -2.20. The average molecular weight is 446 g/mol. The molecule has 8 nitrogen and oxygen atoms in total. The smallest absolute Gasteiger partial charge is 0.334 e. The largest absolute Gasteiger partial charge is 0.418 e. The first-order chi connectivity index (χ1) is 13.6. The third-order valence-electron chi connectivity index (χ3n) is 3.74. The van der Waals surface area contributed by atoms with Crippen LogP contribution in [0.3, 0.4) is 0 Å². The average Bonchev–Trinajstić information content (AvgIpc) is 3.15. The zero-order chi connectivity index (χ0) is 21.3. The van der Waals surface area contributed by atoms with Gasteiger partial charge in [-0.2, -0.15) is 18.3 Å². The molecular formula is C16H15ClF3N7OS. The number of rotatable bonds is 5. The molecule has 3 rings (SSSR count). The predicted molar refractivity (Wildman–Crippen MR) is 103 cm³/mol. The molecule has 0 radical (unpaired) electrons. The number of anilines is 1. The molecule has 3 aromatic rings. The molecule has 1 amide bonds. The molecule has 13 heteroatoms. The van der Waals surface area contributed by atoms with Crippen molar-refractivity contribution < 1.29 is 18.0 Å². The highest BCUT2D eigenvalue weighted by Crippen LogP contribution is 2.36. The molecule has 0 bridgehead atoms. The van der Waals surface area contributed by atoms with Gasteiger partial charge in [0, 0.05) is 10.7 Å². The van der Waals surface area contributed by atoms with Crippen LogP contribution in [0.5, 0.6) is 0 Å². The lowest BCUT2D eigenvalue weighted by atomic mass is 10.1. The number of benzene rings is 1. The van der Waals surface area contributed by atoms with Crippen molar-refractivity contribution in [3.8, 4) is 5.95 Å². The molecule has 154 valence electrons. The standard InChI is InChI=1S/C16H15ClF3N7OS/c1-8-5-9(2)27(25-8)14-23-24-15(26(14)21)29-7-13(28)22-12-4-3-10(17)6-11(12)16(18,19)20/h3-6H,7,21H2,1-2H3,(H,22,28). The van der Waals surface area contributed by atoms with E-state index in [0.29, 0.717) is 0 Å². The van der Waals surface area contributed by atoms with Crippen LogP contribution in [0.1, 0.15) is 17.0 Å². The summed E-state index contributed by atoms with van der Waals surface area (Å²) in [6.07, 6.45) is -4.66. The lowest BCUT2D eigenvalue weighted by molar-refractivity contribution is -0.137. The number of alkyl halides is 3. The van der Waals surface area contributed by atoms with E-state index in [2.05, 4.69) is 20.6 Å². The second kappa shape index (κ2) is 7.95. The number of nitrogens with zero attached hydrogens (tertiary/aromatic N) is 5. The molecule has 0 aliphatic rings. The van der Waals surface area contributed by atoms with E-state index in [0.717, 1.165) is 40.0 Å². The highest BCUT2D eigenvalue weighted by atomic mass is 35.5. The monoisotopic (exact) mass is 445 g/mol. The van der Waals surface area contributed by atoms with E-state index in [1.165, 1.54) is 10.7 Å². The van der Waals surface area contributed by atoms with Gasteiger partial charge in [0.2, 0.25) is 11.1 Å². The second-order valence-corrected chi connectivity index (χ2v) is 7.39. The lowest BCUT2D eigenvalue weighted by Gasteiger charge is -2.14. The van der Waals surface area contributed by atoms with E-state index < -0.39 is 17.6 Å². The van der Waals surface area contributed by atoms with Gasteiger partial charge in [0.05, 0.1) is 22.7 Å². The van der Waals surface area contributed by atoms with E-state index in [9.17, 15) is 18.0 Å². The van der Waals surface area contributed by atoms with Crippen LogP contribution in [-0.4, -0.2) is 36.3 Å². The zero-order valence-electron chi connectivity index (χ0n) is 15.2. The van der Waals surface area contributed by atoms with Crippen molar-refractivity contribution in [2.75, 3.05) is 16.9 Å². The van der Waals surface area contributed by atoms with Crippen molar-refractivity contribution in [2.24, 2.45) is 0 Å². The highest BCUT2D eigenvalue weighted by molar-refractivity contribution is 7.99. The van der Waals surface area contributed by atoms with E-state index in [1.807, 2.05) is 19.9 Å². The molecule has 29 heavy (non-hydrogen) atoms. The van der Waals surface area contributed by atoms with Crippen molar-refractivity contribution in [1.82, 2.24) is 24.7 Å². The minimum absolute atomic E-state index is 0.0855. The van der Waals surface area contributed by atoms with Crippen LogP contribution in [0.4, 0.5) is 18.9 Å². The minimum atomic E-state index is -4.66. The van der Waals surface area contributed by atoms with Gasteiger partial charge in [-0.25, -0.2) is 9.36 Å². The van der Waals surface area contributed by atoms with Gasteiger partial charge in [0.25, 0.3) is 5.95 Å². The number of nitrogen functional groups attached to an aromatic ring is 1. The number of nitrogens with two attached hydrogens (primary N) is 1. The predicted octanol–water partition coefficient (Wildman–Crippen LogP) is 3.20. The molecular weight excluding hydrogens is 431 g/mol. The van der Waals surface area contributed by atoms with Gasteiger partial charge in [-0.15, -0.1) is 10.2 Å². The molecule has 0 saturated carbocycles. The van der Waals surface area contributed by atoms with Gasteiger partial charge in [-0.3, -0.25) is 4.79 Å². The van der Waals surface area contributed by atoms with Crippen LogP contribution >= 0.6 is 23.4 Å². The Morgan fingerprint density at radius 3 is 2.62 bits per heavy atom. The fourth-order valence-corrected chi connectivity index (χ4v) is 3.34. The van der Waals surface area contributed by atoms with Gasteiger partial charge < -0.3 is 11.2 Å². The maximum Gasteiger partial charge on any atom is 0.418 e. The van der Waals surface area contributed by atoms with Crippen molar-refractivity contribution in [2.45, 2.75) is 25.2 Å². The Morgan fingerprint density at radius 2 is 2.00 bits per heavy atom. The SMILES string of the molecule is Cc1cc(C)n(-c2nnc(SCC(=O)Nc3ccc(Cl)cc3C(F)(F)F)n2N)n1. The first-order valence-electron chi connectivity index (χ1n) is 8.10. The van der Waals surface area contributed by atoms with Gasteiger partial charge in [0.1, 0.15) is 0 Å². The molecule has 1 aromatic carbocycles. The number of aromatic nitrogens is 5. The number of nitrogens with one attached hydrogen (secondary N) is 1. The summed E-state index contributed by atoms with van der Waals surface area (Å²) in [5.41, 5.74) is 0.142. The fourth-order valence-electron chi connectivity index (χ4n) is 2.52. The summed E-state index contributed by atoms with van der Waals surface area (Å²) < 4.78 is 42.0. The number of carbonyl (C=O) groups excluding carboxylic acids is 1. The first-order valence-corrected chi connectivity index (χ1v) is 9.46. The third kappa shape index (κ3) is 4.65. The Balaban J connectivity index is 1.71. The summed E-state index contributed by atoms with van der Waals surface area (Å²) in [4.78, 5) is 12.1. The minimum Gasteiger partial charge on any atom is -0.334 e. The number of hydrogen-bond acceptors (Lipinski definition) is 6. The van der Waals surface area contributed by atoms with Gasteiger partial charge in [-0.1, -0.05) is 23.4 Å².